The van der Waals surface area contributed by atoms with Gasteiger partial charge in [-0.2, -0.15) is 0 Å². The summed E-state index contributed by atoms with van der Waals surface area (Å²) in [6.07, 6.45) is 1.02. The second-order valence-corrected chi connectivity index (χ2v) is 9.02. The molecule has 7 nitrogen and oxygen atoms in total. The first-order chi connectivity index (χ1) is 12.1. The molecule has 1 aliphatic rings. The van der Waals surface area contributed by atoms with Gasteiger partial charge in [0.15, 0.2) is 16.4 Å². The number of sulfone groups is 1. The van der Waals surface area contributed by atoms with Crippen molar-refractivity contribution in [3.8, 4) is 5.75 Å². The van der Waals surface area contributed by atoms with E-state index in [4.69, 9.17) is 16.3 Å². The van der Waals surface area contributed by atoms with Crippen LogP contribution in [0.15, 0.2) is 18.2 Å². The number of hydrogen-bond acceptors (Lipinski definition) is 6. The van der Waals surface area contributed by atoms with Crippen LogP contribution in [0.2, 0.25) is 5.02 Å². The lowest BCUT2D eigenvalue weighted by Crippen LogP contribution is -2.48. The van der Waals surface area contributed by atoms with E-state index in [1.807, 2.05) is 13.8 Å². The molecule has 144 valence electrons. The Morgan fingerprint density at radius 3 is 2.69 bits per heavy atom. The molecule has 9 heteroatoms. The predicted octanol–water partition coefficient (Wildman–Crippen LogP) is 2.02. The van der Waals surface area contributed by atoms with Crippen LogP contribution in [0.25, 0.3) is 0 Å². The smallest absolute Gasteiger partial charge is 0.342 e. The largest absolute Gasteiger partial charge is 0.507 e. The van der Waals surface area contributed by atoms with Gasteiger partial charge in [0.2, 0.25) is 0 Å². The Bertz CT molecular complexity index is 794. The second kappa shape index (κ2) is 8.26. The molecule has 0 unspecified atom stereocenters. The number of phenols is 1. The first-order valence-corrected chi connectivity index (χ1v) is 10.5. The monoisotopic (exact) mass is 403 g/mol. The molecule has 1 saturated heterocycles. The highest BCUT2D eigenvalue weighted by Crippen LogP contribution is 2.23. The van der Waals surface area contributed by atoms with Crippen LogP contribution in [0, 0.1) is 0 Å². The van der Waals surface area contributed by atoms with Crippen LogP contribution in [0.4, 0.5) is 0 Å². The summed E-state index contributed by atoms with van der Waals surface area (Å²) in [7, 11) is -3.15. The first kappa shape index (κ1) is 20.5. The molecule has 1 aromatic carbocycles. The van der Waals surface area contributed by atoms with Crippen LogP contribution in [-0.4, -0.2) is 60.5 Å². The van der Waals surface area contributed by atoms with Crippen molar-refractivity contribution in [3.05, 3.63) is 28.8 Å². The summed E-state index contributed by atoms with van der Waals surface area (Å²) in [6.45, 7) is 3.18. The molecule has 1 heterocycles. The number of carbonyl (C=O) groups is 2. The number of esters is 1. The highest BCUT2D eigenvalue weighted by atomic mass is 35.5. The van der Waals surface area contributed by atoms with Crippen molar-refractivity contribution in [2.75, 3.05) is 18.1 Å². The van der Waals surface area contributed by atoms with Gasteiger partial charge in [-0.1, -0.05) is 18.5 Å². The number of amides is 1. The van der Waals surface area contributed by atoms with Crippen LogP contribution < -0.4 is 0 Å². The minimum Gasteiger partial charge on any atom is -0.507 e. The molecule has 0 spiro atoms. The number of ether oxygens (including phenoxy) is 1. The van der Waals surface area contributed by atoms with Gasteiger partial charge >= 0.3 is 5.97 Å². The van der Waals surface area contributed by atoms with Crippen molar-refractivity contribution in [3.63, 3.8) is 0 Å². The van der Waals surface area contributed by atoms with E-state index < -0.39 is 34.4 Å². The zero-order valence-electron chi connectivity index (χ0n) is 14.6. The molecule has 0 aliphatic carbocycles. The van der Waals surface area contributed by atoms with E-state index >= 15 is 0 Å². The fourth-order valence-corrected chi connectivity index (χ4v) is 4.84. The van der Waals surface area contributed by atoms with Gasteiger partial charge in [-0.25, -0.2) is 13.2 Å². The number of carbonyl (C=O) groups excluding carboxylic acids is 2. The van der Waals surface area contributed by atoms with Crippen molar-refractivity contribution in [1.29, 1.82) is 0 Å². The summed E-state index contributed by atoms with van der Waals surface area (Å²) < 4.78 is 28.5. The van der Waals surface area contributed by atoms with Gasteiger partial charge in [-0.15, -0.1) is 0 Å². The van der Waals surface area contributed by atoms with E-state index in [1.165, 1.54) is 23.1 Å². The number of phenolic OH excluding ortho intramolecular Hbond substituents is 1. The molecular weight excluding hydrogens is 382 g/mol. The summed E-state index contributed by atoms with van der Waals surface area (Å²) in [5.74, 6) is -1.66. The Hall–Kier alpha value is -1.80. The van der Waals surface area contributed by atoms with Crippen molar-refractivity contribution >= 4 is 33.3 Å². The van der Waals surface area contributed by atoms with Crippen molar-refractivity contribution < 1.29 is 27.9 Å². The standard InChI is InChI=1S/C17H22ClNO6S/c1-3-11(2)19(13-6-7-26(23,24)10-13)16(21)9-25-17(22)14-8-12(18)4-5-15(14)20/h4-5,8,11,13,20H,3,6-7,9-10H2,1-2H3/t11-,13-/m1/s1. The van der Waals surface area contributed by atoms with Crippen molar-refractivity contribution in [1.82, 2.24) is 4.90 Å². The van der Waals surface area contributed by atoms with Gasteiger partial charge in [-0.3, -0.25) is 4.79 Å². The average Bonchev–Trinajstić information content (AvgIpc) is 2.94. The Morgan fingerprint density at radius 1 is 1.42 bits per heavy atom. The van der Waals surface area contributed by atoms with Crippen molar-refractivity contribution in [2.45, 2.75) is 38.8 Å². The summed E-state index contributed by atoms with van der Waals surface area (Å²) in [5.41, 5.74) is -0.135. The van der Waals surface area contributed by atoms with Crippen molar-refractivity contribution in [2.24, 2.45) is 0 Å². The minimum atomic E-state index is -3.15. The molecule has 1 aromatic rings. The first-order valence-electron chi connectivity index (χ1n) is 8.32. The summed E-state index contributed by atoms with van der Waals surface area (Å²) in [6, 6.07) is 3.33. The van der Waals surface area contributed by atoms with Crippen LogP contribution >= 0.6 is 11.6 Å². The number of rotatable bonds is 6. The number of benzene rings is 1. The van der Waals surface area contributed by atoms with Gasteiger partial charge in [0, 0.05) is 17.1 Å². The van der Waals surface area contributed by atoms with E-state index in [0.29, 0.717) is 12.8 Å². The highest BCUT2D eigenvalue weighted by molar-refractivity contribution is 7.91. The topological polar surface area (TPSA) is 101 Å². The van der Waals surface area contributed by atoms with Gasteiger partial charge in [-0.05, 0) is 38.0 Å². The molecule has 1 amide bonds. The molecule has 1 aliphatic heterocycles. The van der Waals surface area contributed by atoms with E-state index in [1.54, 1.807) is 0 Å². The lowest BCUT2D eigenvalue weighted by molar-refractivity contribution is -0.138. The zero-order chi connectivity index (χ0) is 19.5. The number of nitrogens with zero attached hydrogens (tertiary/aromatic N) is 1. The Balaban J connectivity index is 2.07. The van der Waals surface area contributed by atoms with Gasteiger partial charge in [0.1, 0.15) is 11.3 Å². The predicted molar refractivity (Wildman–Crippen MR) is 97.1 cm³/mol. The maximum Gasteiger partial charge on any atom is 0.342 e. The zero-order valence-corrected chi connectivity index (χ0v) is 16.2. The third-order valence-electron chi connectivity index (χ3n) is 4.46. The maximum absolute atomic E-state index is 12.6. The summed E-state index contributed by atoms with van der Waals surface area (Å²) in [5, 5.41) is 9.96. The van der Waals surface area contributed by atoms with Gasteiger partial charge < -0.3 is 14.7 Å². The highest BCUT2D eigenvalue weighted by Gasteiger charge is 2.36. The Labute approximate surface area is 157 Å². The molecule has 1 N–H and O–H groups in total. The normalized spacial score (nSPS) is 19.7. The van der Waals surface area contributed by atoms with Crippen LogP contribution in [0.1, 0.15) is 37.0 Å². The number of halogens is 1. The number of aromatic hydroxyl groups is 1. The van der Waals surface area contributed by atoms with Gasteiger partial charge in [0.25, 0.3) is 5.91 Å². The molecule has 0 radical (unpaired) electrons. The fourth-order valence-electron chi connectivity index (χ4n) is 2.95. The van der Waals surface area contributed by atoms with Crippen LogP contribution in [0.3, 0.4) is 0 Å². The summed E-state index contributed by atoms with van der Waals surface area (Å²) in [4.78, 5) is 26.2. The quantitative estimate of drug-likeness (QED) is 0.729. The van der Waals surface area contributed by atoms with E-state index in [2.05, 4.69) is 0 Å². The van der Waals surface area contributed by atoms with E-state index in [0.717, 1.165) is 0 Å². The fraction of sp³-hybridized carbons (Fsp3) is 0.529. The van der Waals surface area contributed by atoms with Crippen LogP contribution in [0.5, 0.6) is 5.75 Å². The molecule has 0 aromatic heterocycles. The average molecular weight is 404 g/mol. The van der Waals surface area contributed by atoms with E-state index in [-0.39, 0.29) is 33.9 Å². The Kier molecular flexibility index (Phi) is 6.52. The molecule has 1 fully saturated rings. The maximum atomic E-state index is 12.6. The van der Waals surface area contributed by atoms with Crippen LogP contribution in [-0.2, 0) is 19.4 Å². The second-order valence-electron chi connectivity index (χ2n) is 6.35. The third kappa shape index (κ3) is 4.88. The lowest BCUT2D eigenvalue weighted by Gasteiger charge is -2.33. The Morgan fingerprint density at radius 2 is 2.12 bits per heavy atom. The molecule has 0 saturated carbocycles. The molecule has 0 bridgehead atoms. The van der Waals surface area contributed by atoms with Gasteiger partial charge in [0.05, 0.1) is 11.5 Å². The van der Waals surface area contributed by atoms with E-state index in [9.17, 15) is 23.1 Å². The minimum absolute atomic E-state index is 0.0497. The SMILES string of the molecule is CC[C@@H](C)N(C(=O)COC(=O)c1cc(Cl)ccc1O)[C@@H]1CCS(=O)(=O)C1. The summed E-state index contributed by atoms with van der Waals surface area (Å²) >= 11 is 5.80. The number of hydrogen-bond donors (Lipinski definition) is 1. The molecular formula is C17H22ClNO6S. The molecule has 26 heavy (non-hydrogen) atoms. The lowest BCUT2D eigenvalue weighted by atomic mass is 10.1. The third-order valence-corrected chi connectivity index (χ3v) is 6.45. The molecule has 2 atom stereocenters. The molecule has 2 rings (SSSR count).